The van der Waals surface area contributed by atoms with Gasteiger partial charge < -0.3 is 19.5 Å². The predicted octanol–water partition coefficient (Wildman–Crippen LogP) is 3.81. The Kier molecular flexibility index (Phi) is 8.21. The Morgan fingerprint density at radius 1 is 1.11 bits per heavy atom. The van der Waals surface area contributed by atoms with E-state index in [0.29, 0.717) is 51.5 Å². The SMILES string of the molecule is CCOC(=O)c1ccc(NC(=O)CSc2nc3c(c(=O)n2-c2ccc(OC)c(OC)c2)SCC3)cc1. The van der Waals surface area contributed by atoms with E-state index in [1.54, 1.807) is 56.5 Å². The molecule has 0 spiro atoms. The number of thioether (sulfide) groups is 2. The van der Waals surface area contributed by atoms with Crippen LogP contribution in [0.4, 0.5) is 5.69 Å². The fourth-order valence-corrected chi connectivity index (χ4v) is 5.47. The summed E-state index contributed by atoms with van der Waals surface area (Å²) in [6, 6.07) is 11.7. The first kappa shape index (κ1) is 25.6. The smallest absolute Gasteiger partial charge is 0.338 e. The van der Waals surface area contributed by atoms with Crippen molar-refractivity contribution in [3.63, 3.8) is 0 Å². The zero-order valence-corrected chi connectivity index (χ0v) is 21.7. The number of nitrogens with zero attached hydrogens (tertiary/aromatic N) is 2. The van der Waals surface area contributed by atoms with Crippen molar-refractivity contribution >= 4 is 41.1 Å². The number of anilines is 1. The maximum absolute atomic E-state index is 13.4. The Morgan fingerprint density at radius 2 is 1.86 bits per heavy atom. The number of benzene rings is 2. The summed E-state index contributed by atoms with van der Waals surface area (Å²) in [6.07, 6.45) is 0.703. The van der Waals surface area contributed by atoms with Gasteiger partial charge in [-0.2, -0.15) is 0 Å². The lowest BCUT2D eigenvalue weighted by atomic mass is 10.2. The zero-order valence-electron chi connectivity index (χ0n) is 20.0. The number of nitrogens with one attached hydrogen (secondary N) is 1. The summed E-state index contributed by atoms with van der Waals surface area (Å²) >= 11 is 2.66. The van der Waals surface area contributed by atoms with Crippen LogP contribution in [0.25, 0.3) is 5.69 Å². The van der Waals surface area contributed by atoms with E-state index in [-0.39, 0.29) is 17.2 Å². The van der Waals surface area contributed by atoms with Crippen LogP contribution in [-0.4, -0.2) is 53.8 Å². The molecule has 188 valence electrons. The number of rotatable bonds is 9. The van der Waals surface area contributed by atoms with Gasteiger partial charge in [0.25, 0.3) is 5.56 Å². The molecule has 1 N–H and O–H groups in total. The molecule has 0 saturated carbocycles. The summed E-state index contributed by atoms with van der Waals surface area (Å²) in [5.41, 5.74) is 2.09. The summed E-state index contributed by atoms with van der Waals surface area (Å²) in [4.78, 5) is 43.2. The Bertz CT molecular complexity index is 1340. The summed E-state index contributed by atoms with van der Waals surface area (Å²) in [5.74, 6) is 1.16. The third-order valence-corrected chi connectivity index (χ3v) is 7.35. The van der Waals surface area contributed by atoms with Crippen LogP contribution >= 0.6 is 23.5 Å². The minimum Gasteiger partial charge on any atom is -0.493 e. The molecule has 36 heavy (non-hydrogen) atoms. The fraction of sp³-hybridized carbons (Fsp3) is 0.280. The molecule has 1 amide bonds. The lowest BCUT2D eigenvalue weighted by Crippen LogP contribution is -2.24. The molecule has 11 heteroatoms. The average Bonchev–Trinajstić information content (AvgIpc) is 3.37. The predicted molar refractivity (Wildman–Crippen MR) is 139 cm³/mol. The molecule has 0 radical (unpaired) electrons. The largest absolute Gasteiger partial charge is 0.493 e. The quantitative estimate of drug-likeness (QED) is 0.252. The number of carbonyl (C=O) groups is 2. The molecule has 2 heterocycles. The second-order valence-electron chi connectivity index (χ2n) is 7.58. The Labute approximate surface area is 216 Å². The highest BCUT2D eigenvalue weighted by molar-refractivity contribution is 8.00. The lowest BCUT2D eigenvalue weighted by Gasteiger charge is -2.15. The third kappa shape index (κ3) is 5.52. The van der Waals surface area contributed by atoms with E-state index in [9.17, 15) is 14.4 Å². The molecule has 3 aromatic rings. The second-order valence-corrected chi connectivity index (χ2v) is 9.63. The molecule has 0 aliphatic carbocycles. The number of hydrogen-bond donors (Lipinski definition) is 1. The topological polar surface area (TPSA) is 109 Å². The molecule has 1 aliphatic heterocycles. The van der Waals surface area contributed by atoms with E-state index in [1.807, 2.05) is 0 Å². The van der Waals surface area contributed by atoms with Crippen molar-refractivity contribution in [2.45, 2.75) is 23.4 Å². The van der Waals surface area contributed by atoms with Crippen LogP contribution in [0.3, 0.4) is 0 Å². The van der Waals surface area contributed by atoms with Crippen molar-refractivity contribution in [1.82, 2.24) is 9.55 Å². The van der Waals surface area contributed by atoms with Gasteiger partial charge in [0.05, 0.1) is 48.4 Å². The van der Waals surface area contributed by atoms with Gasteiger partial charge in [0.2, 0.25) is 5.91 Å². The van der Waals surface area contributed by atoms with Gasteiger partial charge in [-0.15, -0.1) is 11.8 Å². The number of esters is 1. The van der Waals surface area contributed by atoms with Crippen LogP contribution < -0.4 is 20.3 Å². The average molecular weight is 528 g/mol. The van der Waals surface area contributed by atoms with Gasteiger partial charge in [-0.1, -0.05) is 11.8 Å². The van der Waals surface area contributed by atoms with Crippen LogP contribution in [-0.2, 0) is 16.0 Å². The van der Waals surface area contributed by atoms with Crippen LogP contribution in [0, 0.1) is 0 Å². The second kappa shape index (κ2) is 11.5. The molecule has 0 saturated heterocycles. The van der Waals surface area contributed by atoms with Gasteiger partial charge in [-0.3, -0.25) is 14.2 Å². The number of fused-ring (bicyclic) bond motifs is 1. The van der Waals surface area contributed by atoms with Gasteiger partial charge in [0.15, 0.2) is 16.7 Å². The van der Waals surface area contributed by atoms with Crippen LogP contribution in [0.15, 0.2) is 57.3 Å². The Balaban J connectivity index is 1.55. The highest BCUT2D eigenvalue weighted by Gasteiger charge is 2.23. The molecule has 2 aromatic carbocycles. The van der Waals surface area contributed by atoms with Gasteiger partial charge in [0.1, 0.15) is 0 Å². The maximum Gasteiger partial charge on any atom is 0.338 e. The molecule has 0 fully saturated rings. The molecule has 4 rings (SSSR count). The van der Waals surface area contributed by atoms with E-state index < -0.39 is 5.97 Å². The Hall–Kier alpha value is -3.44. The van der Waals surface area contributed by atoms with E-state index >= 15 is 0 Å². The standard InChI is InChI=1S/C25H25N3O6S2/c1-4-34-24(31)15-5-7-16(8-6-15)26-21(29)14-36-25-27-18-11-12-35-22(18)23(30)28(25)17-9-10-19(32-2)20(13-17)33-3/h5-10,13H,4,11-12,14H2,1-3H3,(H,26,29). The van der Waals surface area contributed by atoms with Gasteiger partial charge in [-0.25, -0.2) is 9.78 Å². The van der Waals surface area contributed by atoms with Crippen molar-refractivity contribution in [2.75, 3.05) is 37.6 Å². The molecule has 1 aromatic heterocycles. The first-order chi connectivity index (χ1) is 17.4. The van der Waals surface area contributed by atoms with Crippen molar-refractivity contribution in [2.24, 2.45) is 0 Å². The maximum atomic E-state index is 13.4. The minimum absolute atomic E-state index is 0.0330. The number of methoxy groups -OCH3 is 2. The molecule has 0 unspecified atom stereocenters. The van der Waals surface area contributed by atoms with E-state index in [0.717, 1.165) is 11.4 Å². The number of aryl methyl sites for hydroxylation is 1. The Morgan fingerprint density at radius 3 is 2.56 bits per heavy atom. The van der Waals surface area contributed by atoms with Crippen LogP contribution in [0.2, 0.25) is 0 Å². The molecule has 0 atom stereocenters. The van der Waals surface area contributed by atoms with Crippen molar-refractivity contribution in [3.05, 3.63) is 64.1 Å². The summed E-state index contributed by atoms with van der Waals surface area (Å²) in [5, 5.41) is 3.22. The number of hydrogen-bond acceptors (Lipinski definition) is 9. The number of amides is 1. The molecule has 9 nitrogen and oxygen atoms in total. The fourth-order valence-electron chi connectivity index (χ4n) is 3.61. The normalized spacial score (nSPS) is 12.1. The molecule has 0 bridgehead atoms. The number of carbonyl (C=O) groups excluding carboxylic acids is 2. The first-order valence-electron chi connectivity index (χ1n) is 11.2. The highest BCUT2D eigenvalue weighted by atomic mass is 32.2. The first-order valence-corrected chi connectivity index (χ1v) is 13.1. The minimum atomic E-state index is -0.417. The van der Waals surface area contributed by atoms with E-state index in [1.165, 1.54) is 35.2 Å². The monoisotopic (exact) mass is 527 g/mol. The van der Waals surface area contributed by atoms with Crippen LogP contribution in [0.1, 0.15) is 23.0 Å². The lowest BCUT2D eigenvalue weighted by molar-refractivity contribution is -0.113. The highest BCUT2D eigenvalue weighted by Crippen LogP contribution is 2.33. The van der Waals surface area contributed by atoms with Crippen molar-refractivity contribution in [1.29, 1.82) is 0 Å². The summed E-state index contributed by atoms with van der Waals surface area (Å²) < 4.78 is 17.2. The van der Waals surface area contributed by atoms with E-state index in [4.69, 9.17) is 19.2 Å². The molecular formula is C25H25N3O6S2. The van der Waals surface area contributed by atoms with Gasteiger partial charge >= 0.3 is 5.97 Å². The van der Waals surface area contributed by atoms with Gasteiger partial charge in [0, 0.05) is 23.9 Å². The number of ether oxygens (including phenoxy) is 3. The zero-order chi connectivity index (χ0) is 25.7. The number of aromatic nitrogens is 2. The molecule has 1 aliphatic rings. The van der Waals surface area contributed by atoms with Gasteiger partial charge in [-0.05, 0) is 43.3 Å². The van der Waals surface area contributed by atoms with Crippen molar-refractivity contribution < 1.29 is 23.8 Å². The van der Waals surface area contributed by atoms with E-state index in [2.05, 4.69) is 5.32 Å². The summed E-state index contributed by atoms with van der Waals surface area (Å²) in [7, 11) is 3.07. The van der Waals surface area contributed by atoms with Crippen LogP contribution in [0.5, 0.6) is 11.5 Å². The third-order valence-electron chi connectivity index (χ3n) is 5.30. The van der Waals surface area contributed by atoms with Crippen molar-refractivity contribution in [3.8, 4) is 17.2 Å². The molecular weight excluding hydrogens is 502 g/mol. The summed E-state index contributed by atoms with van der Waals surface area (Å²) in [6.45, 7) is 2.03.